The van der Waals surface area contributed by atoms with Crippen LogP contribution in [0.15, 0.2) is 146 Å². The van der Waals surface area contributed by atoms with Gasteiger partial charge in [0.2, 0.25) is 13.4 Å². The lowest BCUT2D eigenvalue weighted by atomic mass is 9.34. The predicted molar refractivity (Wildman–Crippen MR) is 243 cm³/mol. The summed E-state index contributed by atoms with van der Waals surface area (Å²) in [5.74, 6) is 0. The van der Waals surface area contributed by atoms with E-state index in [2.05, 4.69) is 213 Å². The van der Waals surface area contributed by atoms with Gasteiger partial charge in [0.25, 0.3) is 0 Å². The molecule has 1 aliphatic carbocycles. The molecule has 55 heavy (non-hydrogen) atoms. The molecule has 0 unspecified atom stereocenters. The van der Waals surface area contributed by atoms with Gasteiger partial charge in [-0.25, -0.2) is 0 Å². The van der Waals surface area contributed by atoms with Gasteiger partial charge < -0.3 is 0 Å². The molecule has 2 heteroatoms. The van der Waals surface area contributed by atoms with Crippen LogP contribution in [0, 0.1) is 41.5 Å². The molecule has 268 valence electrons. The minimum Gasteiger partial charge on any atom is -0.0687 e. The number of benzene rings is 7. The van der Waals surface area contributed by atoms with E-state index in [0.717, 1.165) is 0 Å². The molecule has 0 N–H and O–H groups in total. The smallest absolute Gasteiger partial charge is 0.0687 e. The van der Waals surface area contributed by atoms with Gasteiger partial charge in [-0.3, -0.25) is 0 Å². The van der Waals surface area contributed by atoms with Crippen molar-refractivity contribution in [3.05, 3.63) is 201 Å². The fourth-order valence-corrected chi connectivity index (χ4v) is 9.69. The molecular weight excluding hydrogens is 658 g/mol. The lowest BCUT2D eigenvalue weighted by Gasteiger charge is -2.27. The highest BCUT2D eigenvalue weighted by atomic mass is 14.4. The first kappa shape index (κ1) is 36.4. The van der Waals surface area contributed by atoms with E-state index in [9.17, 15) is 0 Å². The van der Waals surface area contributed by atoms with Crippen LogP contribution >= 0.6 is 0 Å². The highest BCUT2D eigenvalue weighted by Crippen LogP contribution is 2.48. The number of fused-ring (bicyclic) bond motifs is 3. The van der Waals surface area contributed by atoms with Crippen LogP contribution in [0.3, 0.4) is 0 Å². The normalized spacial score (nSPS) is 12.8. The molecule has 0 aliphatic heterocycles. The second kappa shape index (κ2) is 14.6. The van der Waals surface area contributed by atoms with Crippen molar-refractivity contribution in [2.45, 2.75) is 60.8 Å². The summed E-state index contributed by atoms with van der Waals surface area (Å²) >= 11 is 0. The SMILES string of the molecule is Cc1cc(C)c(B(c2ccc3c(c2)C(C)(C)c2cc(/C=C/c4ccc(B(c5ccccc5)c5ccccc5)cc4)ccc2-3)c2c(C)cc(C)cc2C)c(C)c1. The first-order chi connectivity index (χ1) is 26.5. The van der Waals surface area contributed by atoms with Crippen molar-refractivity contribution < 1.29 is 0 Å². The maximum absolute atomic E-state index is 2.53. The molecule has 0 nitrogen and oxygen atoms in total. The molecule has 0 saturated carbocycles. The Hall–Kier alpha value is -5.59. The molecule has 0 amide bonds. The first-order valence-electron chi connectivity index (χ1n) is 19.8. The summed E-state index contributed by atoms with van der Waals surface area (Å²) in [5, 5.41) is 0. The zero-order valence-electron chi connectivity index (χ0n) is 33.7. The summed E-state index contributed by atoms with van der Waals surface area (Å²) in [4.78, 5) is 0. The Labute approximate surface area is 330 Å². The van der Waals surface area contributed by atoms with Gasteiger partial charge in [0.15, 0.2) is 0 Å². The largest absolute Gasteiger partial charge is 0.242 e. The van der Waals surface area contributed by atoms with Gasteiger partial charge in [-0.1, -0.05) is 238 Å². The third-order valence-corrected chi connectivity index (χ3v) is 12.1. The molecule has 0 spiro atoms. The molecule has 0 fully saturated rings. The third kappa shape index (κ3) is 6.85. The van der Waals surface area contributed by atoms with Crippen molar-refractivity contribution >= 4 is 58.4 Å². The van der Waals surface area contributed by atoms with Crippen LogP contribution < -0.4 is 32.8 Å². The third-order valence-electron chi connectivity index (χ3n) is 12.1. The first-order valence-corrected chi connectivity index (χ1v) is 19.8. The lowest BCUT2D eigenvalue weighted by molar-refractivity contribution is 0.660. The van der Waals surface area contributed by atoms with E-state index in [1.54, 1.807) is 0 Å². The van der Waals surface area contributed by atoms with Crippen LogP contribution in [0.1, 0.15) is 69.5 Å². The summed E-state index contributed by atoms with van der Waals surface area (Å²) in [6.07, 6.45) is 4.52. The molecule has 0 heterocycles. The minimum atomic E-state index is -0.130. The molecule has 0 saturated heterocycles. The molecular formula is C53H50B2. The van der Waals surface area contributed by atoms with Gasteiger partial charge in [-0.15, -0.1) is 0 Å². The van der Waals surface area contributed by atoms with Gasteiger partial charge in [-0.2, -0.15) is 0 Å². The Morgan fingerprint density at radius 1 is 0.382 bits per heavy atom. The quantitative estimate of drug-likeness (QED) is 0.109. The van der Waals surface area contributed by atoms with Crippen molar-refractivity contribution in [3.63, 3.8) is 0 Å². The van der Waals surface area contributed by atoms with Crippen LogP contribution in [-0.4, -0.2) is 13.4 Å². The van der Waals surface area contributed by atoms with Gasteiger partial charge in [0.05, 0.1) is 0 Å². The standard InChI is InChI=1S/C53H50B2/c1-35-29-37(3)51(38(4)30-35)55(52-39(5)31-36(2)32-40(52)6)46-26-28-48-47-27-23-42(33-49(47)53(7,8)50(48)34-46)20-19-41-21-24-45(25-22-41)54(43-15-11-9-12-16-43)44-17-13-10-14-18-44/h9-34H,1-8H3/b20-19+. The van der Waals surface area contributed by atoms with E-state index in [0.29, 0.717) is 0 Å². The van der Waals surface area contributed by atoms with Crippen molar-refractivity contribution in [1.29, 1.82) is 0 Å². The maximum Gasteiger partial charge on any atom is 0.242 e. The van der Waals surface area contributed by atoms with Crippen molar-refractivity contribution in [1.82, 2.24) is 0 Å². The Bertz CT molecular complexity index is 2410. The Morgan fingerprint density at radius 2 is 0.782 bits per heavy atom. The molecule has 8 rings (SSSR count). The second-order valence-corrected chi connectivity index (χ2v) is 16.5. The van der Waals surface area contributed by atoms with E-state index in [1.807, 2.05) is 0 Å². The van der Waals surface area contributed by atoms with E-state index < -0.39 is 0 Å². The van der Waals surface area contributed by atoms with E-state index in [4.69, 9.17) is 0 Å². The number of hydrogen-bond acceptors (Lipinski definition) is 0. The average molecular weight is 709 g/mol. The summed E-state index contributed by atoms with van der Waals surface area (Å²) in [6, 6.07) is 54.5. The van der Waals surface area contributed by atoms with E-state index >= 15 is 0 Å². The van der Waals surface area contributed by atoms with Crippen LogP contribution in [0.4, 0.5) is 0 Å². The fraction of sp³-hybridized carbons (Fsp3) is 0.170. The zero-order valence-corrected chi connectivity index (χ0v) is 33.7. The summed E-state index contributed by atoms with van der Waals surface area (Å²) in [6.45, 7) is 18.8. The van der Waals surface area contributed by atoms with Crippen LogP contribution in [0.25, 0.3) is 23.3 Å². The molecule has 0 bridgehead atoms. The summed E-state index contributed by atoms with van der Waals surface area (Å²) in [7, 11) is 0. The molecule has 7 aromatic carbocycles. The van der Waals surface area contributed by atoms with Gasteiger partial charge in [0, 0.05) is 5.41 Å². The monoisotopic (exact) mass is 708 g/mol. The molecule has 0 radical (unpaired) electrons. The van der Waals surface area contributed by atoms with Crippen LogP contribution in [0.2, 0.25) is 0 Å². The minimum absolute atomic E-state index is 0.130. The topological polar surface area (TPSA) is 0 Å². The highest BCUT2D eigenvalue weighted by molar-refractivity contribution is 6.96. The number of hydrogen-bond donors (Lipinski definition) is 0. The van der Waals surface area contributed by atoms with Gasteiger partial charge >= 0.3 is 0 Å². The predicted octanol–water partition coefficient (Wildman–Crippen LogP) is 9.05. The fourth-order valence-electron chi connectivity index (χ4n) is 9.69. The van der Waals surface area contributed by atoms with E-state index in [-0.39, 0.29) is 18.8 Å². The molecule has 1 aliphatic rings. The van der Waals surface area contributed by atoms with Crippen molar-refractivity contribution in [2.75, 3.05) is 0 Å². The number of rotatable bonds is 8. The molecule has 0 aromatic heterocycles. The highest BCUT2D eigenvalue weighted by Gasteiger charge is 2.37. The number of aryl methyl sites for hydroxylation is 6. The zero-order chi connectivity index (χ0) is 38.4. The van der Waals surface area contributed by atoms with Gasteiger partial charge in [-0.05, 0) is 74.9 Å². The molecule has 7 aromatic rings. The Morgan fingerprint density at radius 3 is 1.29 bits per heavy atom. The van der Waals surface area contributed by atoms with Crippen molar-refractivity contribution in [3.8, 4) is 11.1 Å². The van der Waals surface area contributed by atoms with Crippen LogP contribution in [-0.2, 0) is 5.41 Å². The second-order valence-electron chi connectivity index (χ2n) is 16.5. The summed E-state index contributed by atoms with van der Waals surface area (Å²) in [5.41, 5.74) is 24.1. The van der Waals surface area contributed by atoms with Gasteiger partial charge in [0.1, 0.15) is 0 Å². The van der Waals surface area contributed by atoms with Crippen LogP contribution in [0.5, 0.6) is 0 Å². The maximum atomic E-state index is 2.53. The Balaban J connectivity index is 1.12. The van der Waals surface area contributed by atoms with Crippen molar-refractivity contribution in [2.24, 2.45) is 0 Å². The average Bonchev–Trinajstić information content (AvgIpc) is 3.39. The Kier molecular flexibility index (Phi) is 9.64. The summed E-state index contributed by atoms with van der Waals surface area (Å²) < 4.78 is 0. The lowest BCUT2D eigenvalue weighted by Crippen LogP contribution is -2.56. The molecule has 0 atom stereocenters. The van der Waals surface area contributed by atoms with E-state index in [1.165, 1.54) is 99.5 Å².